The lowest BCUT2D eigenvalue weighted by atomic mass is 10.3. The molecular weight excluding hydrogens is 164 g/mol. The molecule has 0 bridgehead atoms. The van der Waals surface area contributed by atoms with Crippen molar-refractivity contribution in [2.45, 2.75) is 33.0 Å². The van der Waals surface area contributed by atoms with Crippen molar-refractivity contribution in [3.8, 4) is 5.88 Å². The monoisotopic (exact) mass is 178 g/mol. The number of aromatic nitrogens is 1. The van der Waals surface area contributed by atoms with E-state index >= 15 is 0 Å². The van der Waals surface area contributed by atoms with Gasteiger partial charge in [0.1, 0.15) is 5.69 Å². The first-order valence-corrected chi connectivity index (χ1v) is 4.60. The van der Waals surface area contributed by atoms with E-state index in [0.717, 1.165) is 11.6 Å². The summed E-state index contributed by atoms with van der Waals surface area (Å²) in [6.45, 7) is 6.35. The number of nitrogens with zero attached hydrogens (tertiary/aromatic N) is 2. The van der Waals surface area contributed by atoms with E-state index in [2.05, 4.69) is 23.7 Å². The lowest BCUT2D eigenvalue weighted by molar-refractivity contribution is 0.230. The summed E-state index contributed by atoms with van der Waals surface area (Å²) >= 11 is 0. The van der Waals surface area contributed by atoms with Gasteiger partial charge in [-0.05, 0) is 32.9 Å². The molecule has 1 aromatic rings. The van der Waals surface area contributed by atoms with Crippen molar-refractivity contribution < 1.29 is 4.74 Å². The SMILES string of the molecule is CC(C)N1c2cccnc2OC1C. The molecule has 0 fully saturated rings. The van der Waals surface area contributed by atoms with Crippen LogP contribution >= 0.6 is 0 Å². The summed E-state index contributed by atoms with van der Waals surface area (Å²) in [6.07, 6.45) is 1.86. The van der Waals surface area contributed by atoms with Crippen LogP contribution in [0.1, 0.15) is 20.8 Å². The summed E-state index contributed by atoms with van der Waals surface area (Å²) < 4.78 is 5.60. The van der Waals surface area contributed by atoms with Crippen LogP contribution in [-0.2, 0) is 0 Å². The Morgan fingerprint density at radius 3 is 3.00 bits per heavy atom. The second-order valence-corrected chi connectivity index (χ2v) is 3.55. The van der Waals surface area contributed by atoms with Gasteiger partial charge in [0, 0.05) is 12.2 Å². The highest BCUT2D eigenvalue weighted by Gasteiger charge is 2.29. The average molecular weight is 178 g/mol. The van der Waals surface area contributed by atoms with Crippen LogP contribution in [0.25, 0.3) is 0 Å². The van der Waals surface area contributed by atoms with E-state index in [9.17, 15) is 0 Å². The molecule has 3 nitrogen and oxygen atoms in total. The van der Waals surface area contributed by atoms with Crippen molar-refractivity contribution in [3.05, 3.63) is 18.3 Å². The van der Waals surface area contributed by atoms with Crippen LogP contribution in [0.3, 0.4) is 0 Å². The van der Waals surface area contributed by atoms with Gasteiger partial charge in [-0.1, -0.05) is 0 Å². The van der Waals surface area contributed by atoms with Gasteiger partial charge in [-0.2, -0.15) is 0 Å². The highest BCUT2D eigenvalue weighted by molar-refractivity contribution is 5.59. The number of hydrogen-bond acceptors (Lipinski definition) is 3. The molecule has 1 aromatic heterocycles. The van der Waals surface area contributed by atoms with Crippen LogP contribution in [-0.4, -0.2) is 17.3 Å². The van der Waals surface area contributed by atoms with E-state index in [1.807, 2.05) is 19.1 Å². The number of anilines is 1. The van der Waals surface area contributed by atoms with Crippen molar-refractivity contribution in [1.29, 1.82) is 0 Å². The minimum Gasteiger partial charge on any atom is -0.452 e. The van der Waals surface area contributed by atoms with E-state index in [1.165, 1.54) is 0 Å². The fraction of sp³-hybridized carbons (Fsp3) is 0.500. The van der Waals surface area contributed by atoms with Crippen molar-refractivity contribution in [2.75, 3.05) is 4.90 Å². The summed E-state index contributed by atoms with van der Waals surface area (Å²) in [5.74, 6) is 0.753. The fourth-order valence-corrected chi connectivity index (χ4v) is 1.78. The number of hydrogen-bond donors (Lipinski definition) is 0. The van der Waals surface area contributed by atoms with Gasteiger partial charge in [-0.25, -0.2) is 4.98 Å². The third kappa shape index (κ3) is 1.24. The van der Waals surface area contributed by atoms with E-state index in [4.69, 9.17) is 4.74 Å². The lowest BCUT2D eigenvalue weighted by Gasteiger charge is -2.25. The first-order chi connectivity index (χ1) is 6.20. The highest BCUT2D eigenvalue weighted by Crippen LogP contribution is 2.35. The molecule has 0 saturated heterocycles. The van der Waals surface area contributed by atoms with Crippen molar-refractivity contribution in [3.63, 3.8) is 0 Å². The summed E-state index contributed by atoms with van der Waals surface area (Å²) in [5.41, 5.74) is 1.10. The van der Waals surface area contributed by atoms with E-state index in [-0.39, 0.29) is 6.23 Å². The highest BCUT2D eigenvalue weighted by atomic mass is 16.5. The first-order valence-electron chi connectivity index (χ1n) is 4.60. The molecule has 1 aliphatic heterocycles. The molecule has 3 heteroatoms. The quantitative estimate of drug-likeness (QED) is 0.658. The number of fused-ring (bicyclic) bond motifs is 1. The lowest BCUT2D eigenvalue weighted by Crippen LogP contribution is -2.37. The van der Waals surface area contributed by atoms with Crippen LogP contribution in [0.4, 0.5) is 5.69 Å². The first kappa shape index (κ1) is 8.35. The molecule has 13 heavy (non-hydrogen) atoms. The second kappa shape index (κ2) is 2.91. The molecule has 0 saturated carbocycles. The summed E-state index contributed by atoms with van der Waals surface area (Å²) in [7, 11) is 0. The Kier molecular flexibility index (Phi) is 1.87. The molecule has 0 radical (unpaired) electrons. The average Bonchev–Trinajstić information content (AvgIpc) is 2.39. The molecule has 1 aliphatic rings. The van der Waals surface area contributed by atoms with Crippen molar-refractivity contribution in [1.82, 2.24) is 4.98 Å². The largest absolute Gasteiger partial charge is 0.452 e. The predicted molar refractivity (Wildman–Crippen MR) is 51.9 cm³/mol. The zero-order valence-corrected chi connectivity index (χ0v) is 8.19. The van der Waals surface area contributed by atoms with E-state index in [0.29, 0.717) is 6.04 Å². The van der Waals surface area contributed by atoms with Crippen LogP contribution in [0.15, 0.2) is 18.3 Å². The zero-order chi connectivity index (χ0) is 9.42. The van der Waals surface area contributed by atoms with Gasteiger partial charge >= 0.3 is 0 Å². The van der Waals surface area contributed by atoms with Gasteiger partial charge in [-0.15, -0.1) is 0 Å². The predicted octanol–water partition coefficient (Wildman–Crippen LogP) is 2.03. The van der Waals surface area contributed by atoms with Gasteiger partial charge in [-0.3, -0.25) is 0 Å². The topological polar surface area (TPSA) is 25.4 Å². The van der Waals surface area contributed by atoms with Crippen molar-refractivity contribution >= 4 is 5.69 Å². The summed E-state index contributed by atoms with van der Waals surface area (Å²) in [6, 6.07) is 4.43. The molecule has 0 N–H and O–H groups in total. The van der Waals surface area contributed by atoms with Gasteiger partial charge in [0.2, 0.25) is 5.88 Å². The van der Waals surface area contributed by atoms with Gasteiger partial charge in [0.05, 0.1) is 0 Å². The molecule has 0 amide bonds. The molecule has 70 valence electrons. The maximum atomic E-state index is 5.60. The molecule has 2 rings (SSSR count). The standard InChI is InChI=1S/C10H14N2O/c1-7(2)12-8(3)13-10-9(12)5-4-6-11-10/h4-8H,1-3H3. The zero-order valence-electron chi connectivity index (χ0n) is 8.19. The Morgan fingerprint density at radius 2 is 2.31 bits per heavy atom. The summed E-state index contributed by atoms with van der Waals surface area (Å²) in [5, 5.41) is 0. The minimum absolute atomic E-state index is 0.102. The van der Waals surface area contributed by atoms with Gasteiger partial charge in [0.25, 0.3) is 0 Å². The van der Waals surface area contributed by atoms with Crippen molar-refractivity contribution in [2.24, 2.45) is 0 Å². The van der Waals surface area contributed by atoms with Gasteiger partial charge in [0.15, 0.2) is 6.23 Å². The third-order valence-corrected chi connectivity index (χ3v) is 2.26. The van der Waals surface area contributed by atoms with Crippen LogP contribution in [0, 0.1) is 0 Å². The second-order valence-electron chi connectivity index (χ2n) is 3.55. The van der Waals surface area contributed by atoms with Gasteiger partial charge < -0.3 is 9.64 Å². The van der Waals surface area contributed by atoms with Crippen LogP contribution < -0.4 is 9.64 Å². The fourth-order valence-electron chi connectivity index (χ4n) is 1.78. The number of rotatable bonds is 1. The molecule has 1 unspecified atom stereocenters. The molecular formula is C10H14N2O. The van der Waals surface area contributed by atoms with Crippen LogP contribution in [0.5, 0.6) is 5.88 Å². The smallest absolute Gasteiger partial charge is 0.239 e. The minimum atomic E-state index is 0.102. The Labute approximate surface area is 78.3 Å². The Morgan fingerprint density at radius 1 is 1.54 bits per heavy atom. The van der Waals surface area contributed by atoms with Crippen LogP contribution in [0.2, 0.25) is 0 Å². The number of pyridine rings is 1. The molecule has 2 heterocycles. The van der Waals surface area contributed by atoms with E-state index < -0.39 is 0 Å². The van der Waals surface area contributed by atoms with E-state index in [1.54, 1.807) is 6.20 Å². The maximum Gasteiger partial charge on any atom is 0.239 e. The normalized spacial score (nSPS) is 20.3. The molecule has 0 spiro atoms. The summed E-state index contributed by atoms with van der Waals surface area (Å²) in [4.78, 5) is 6.40. The Balaban J connectivity index is 2.40. The third-order valence-electron chi connectivity index (χ3n) is 2.26. The molecule has 0 aromatic carbocycles. The Hall–Kier alpha value is -1.25. The maximum absolute atomic E-state index is 5.60. The molecule has 1 atom stereocenters. The Bertz CT molecular complexity index is 312. The molecule has 0 aliphatic carbocycles. The number of ether oxygens (including phenoxy) is 1.